The number of nitrogens with one attached hydrogen (secondary N) is 2. The molecule has 0 unspecified atom stereocenters. The molecular formula is C13H23IN4S. The summed E-state index contributed by atoms with van der Waals surface area (Å²) >= 11 is 1.76. The molecule has 0 saturated heterocycles. The summed E-state index contributed by atoms with van der Waals surface area (Å²) in [5.74, 6) is 1.78. The Bertz CT molecular complexity index is 401. The minimum Gasteiger partial charge on any atom is -0.357 e. The van der Waals surface area contributed by atoms with Crippen LogP contribution in [0.15, 0.2) is 11.2 Å². The number of hydrogen-bond donors (Lipinski definition) is 2. The molecule has 0 radical (unpaired) electrons. The van der Waals surface area contributed by atoms with Crippen LogP contribution in [0.5, 0.6) is 0 Å². The van der Waals surface area contributed by atoms with Gasteiger partial charge in [-0.15, -0.1) is 35.3 Å². The maximum Gasteiger partial charge on any atom is 0.191 e. The van der Waals surface area contributed by atoms with E-state index in [9.17, 15) is 0 Å². The molecular weight excluding hydrogens is 371 g/mol. The van der Waals surface area contributed by atoms with Gasteiger partial charge in [-0.3, -0.25) is 0 Å². The van der Waals surface area contributed by atoms with Crippen molar-refractivity contribution in [3.05, 3.63) is 16.1 Å². The molecule has 0 bridgehead atoms. The van der Waals surface area contributed by atoms with E-state index in [1.54, 1.807) is 11.3 Å². The van der Waals surface area contributed by atoms with Crippen LogP contribution in [-0.4, -0.2) is 24.0 Å². The number of halogens is 1. The van der Waals surface area contributed by atoms with E-state index in [-0.39, 0.29) is 24.0 Å². The summed E-state index contributed by atoms with van der Waals surface area (Å²) < 4.78 is 0. The predicted molar refractivity (Wildman–Crippen MR) is 92.4 cm³/mol. The van der Waals surface area contributed by atoms with Crippen molar-refractivity contribution in [2.24, 2.45) is 10.9 Å². The molecule has 2 rings (SSSR count). The minimum absolute atomic E-state index is 0. The van der Waals surface area contributed by atoms with Crippen LogP contribution in [-0.2, 0) is 13.0 Å². The van der Waals surface area contributed by atoms with Gasteiger partial charge in [0.25, 0.3) is 0 Å². The Kier molecular flexibility index (Phi) is 7.67. The van der Waals surface area contributed by atoms with Crippen molar-refractivity contribution >= 4 is 41.3 Å². The van der Waals surface area contributed by atoms with Gasteiger partial charge in [-0.1, -0.05) is 6.92 Å². The average molecular weight is 394 g/mol. The second kappa shape index (κ2) is 8.73. The molecule has 0 aliphatic heterocycles. The quantitative estimate of drug-likeness (QED) is 0.443. The van der Waals surface area contributed by atoms with Crippen LogP contribution < -0.4 is 10.6 Å². The van der Waals surface area contributed by atoms with Gasteiger partial charge in [0.2, 0.25) is 0 Å². The van der Waals surface area contributed by atoms with Crippen LogP contribution in [0, 0.1) is 5.92 Å². The van der Waals surface area contributed by atoms with Crippen molar-refractivity contribution in [2.75, 3.05) is 13.1 Å². The highest BCUT2D eigenvalue weighted by molar-refractivity contribution is 14.0. The third-order valence-corrected chi connectivity index (χ3v) is 4.05. The average Bonchev–Trinajstić information content (AvgIpc) is 3.10. The van der Waals surface area contributed by atoms with Gasteiger partial charge in [0.1, 0.15) is 5.01 Å². The van der Waals surface area contributed by atoms with E-state index in [0.717, 1.165) is 36.4 Å². The highest BCUT2D eigenvalue weighted by atomic mass is 127. The topological polar surface area (TPSA) is 49.3 Å². The van der Waals surface area contributed by atoms with E-state index in [1.165, 1.54) is 17.7 Å². The molecule has 1 aliphatic rings. The number of thiazole rings is 1. The lowest BCUT2D eigenvalue weighted by atomic mass is 10.4. The number of nitrogens with zero attached hydrogens (tertiary/aromatic N) is 2. The largest absolute Gasteiger partial charge is 0.357 e. The molecule has 1 aliphatic carbocycles. The molecule has 1 saturated carbocycles. The number of hydrogen-bond acceptors (Lipinski definition) is 3. The third-order valence-electron chi connectivity index (χ3n) is 2.92. The lowest BCUT2D eigenvalue weighted by Crippen LogP contribution is -2.38. The molecule has 0 aromatic carbocycles. The summed E-state index contributed by atoms with van der Waals surface area (Å²) in [7, 11) is 0. The first-order chi connectivity index (χ1) is 8.81. The Morgan fingerprint density at radius 3 is 2.79 bits per heavy atom. The van der Waals surface area contributed by atoms with Crippen molar-refractivity contribution in [3.8, 4) is 0 Å². The van der Waals surface area contributed by atoms with E-state index in [2.05, 4.69) is 34.5 Å². The highest BCUT2D eigenvalue weighted by Gasteiger charge is 2.20. The smallest absolute Gasteiger partial charge is 0.191 e. The molecule has 1 heterocycles. The Balaban J connectivity index is 0.00000180. The normalized spacial score (nSPS) is 14.9. The van der Waals surface area contributed by atoms with Gasteiger partial charge < -0.3 is 10.6 Å². The number of aromatic nitrogens is 1. The van der Waals surface area contributed by atoms with Crippen molar-refractivity contribution in [2.45, 2.75) is 39.7 Å². The van der Waals surface area contributed by atoms with E-state index < -0.39 is 0 Å². The molecule has 2 N–H and O–H groups in total. The summed E-state index contributed by atoms with van der Waals surface area (Å²) in [6.45, 7) is 6.86. The molecule has 6 heteroatoms. The van der Waals surface area contributed by atoms with E-state index in [0.29, 0.717) is 6.54 Å². The van der Waals surface area contributed by atoms with Crippen LogP contribution in [0.25, 0.3) is 0 Å². The van der Waals surface area contributed by atoms with E-state index in [4.69, 9.17) is 0 Å². The number of guanidine groups is 1. The Hall–Kier alpha value is -0.370. The number of rotatable bonds is 6. The van der Waals surface area contributed by atoms with Crippen LogP contribution in [0.4, 0.5) is 0 Å². The zero-order valence-electron chi connectivity index (χ0n) is 11.6. The van der Waals surface area contributed by atoms with Crippen molar-refractivity contribution in [1.82, 2.24) is 15.6 Å². The lowest BCUT2D eigenvalue weighted by Gasteiger charge is -2.09. The van der Waals surface area contributed by atoms with Gasteiger partial charge in [-0.05, 0) is 32.1 Å². The van der Waals surface area contributed by atoms with E-state index >= 15 is 0 Å². The van der Waals surface area contributed by atoms with Crippen molar-refractivity contribution in [3.63, 3.8) is 0 Å². The first-order valence-corrected chi connectivity index (χ1v) is 7.59. The van der Waals surface area contributed by atoms with Gasteiger partial charge in [-0.25, -0.2) is 9.98 Å². The molecule has 0 amide bonds. The summed E-state index contributed by atoms with van der Waals surface area (Å²) in [6.07, 6.45) is 5.74. The van der Waals surface area contributed by atoms with Crippen LogP contribution >= 0.6 is 35.3 Å². The van der Waals surface area contributed by atoms with Gasteiger partial charge in [0.05, 0.1) is 6.54 Å². The number of aliphatic imine (C=N–C) groups is 1. The first kappa shape index (κ1) is 16.7. The zero-order valence-corrected chi connectivity index (χ0v) is 14.8. The molecule has 1 aromatic rings. The zero-order chi connectivity index (χ0) is 12.8. The van der Waals surface area contributed by atoms with Gasteiger partial charge in [-0.2, -0.15) is 0 Å². The summed E-state index contributed by atoms with van der Waals surface area (Å²) in [4.78, 5) is 10.3. The second-order valence-corrected chi connectivity index (χ2v) is 5.79. The molecule has 19 heavy (non-hydrogen) atoms. The maximum absolute atomic E-state index is 4.57. The Morgan fingerprint density at radius 1 is 1.42 bits per heavy atom. The van der Waals surface area contributed by atoms with Gasteiger partial charge in [0, 0.05) is 24.2 Å². The SMILES string of the molecule is CCNC(=NCc1ncc(CC)s1)NCC1CC1.I. The summed E-state index contributed by atoms with van der Waals surface area (Å²) in [5.41, 5.74) is 0. The summed E-state index contributed by atoms with van der Waals surface area (Å²) in [6, 6.07) is 0. The summed E-state index contributed by atoms with van der Waals surface area (Å²) in [5, 5.41) is 7.75. The van der Waals surface area contributed by atoms with Crippen LogP contribution in [0.2, 0.25) is 0 Å². The first-order valence-electron chi connectivity index (χ1n) is 6.77. The third kappa shape index (κ3) is 6.07. The molecule has 108 valence electrons. The standard InChI is InChI=1S/C13H22N4S.HI/c1-3-11-8-15-12(18-11)9-17-13(14-4-2)16-7-10-5-6-10;/h8,10H,3-7,9H2,1-2H3,(H2,14,16,17);1H. The predicted octanol–water partition coefficient (Wildman–Crippen LogP) is 2.79. The van der Waals surface area contributed by atoms with Crippen molar-refractivity contribution in [1.29, 1.82) is 0 Å². The Labute approximate surface area is 136 Å². The van der Waals surface area contributed by atoms with Crippen LogP contribution in [0.1, 0.15) is 36.6 Å². The van der Waals surface area contributed by atoms with Gasteiger partial charge in [0.15, 0.2) is 5.96 Å². The highest BCUT2D eigenvalue weighted by Crippen LogP contribution is 2.27. The van der Waals surface area contributed by atoms with Gasteiger partial charge >= 0.3 is 0 Å². The molecule has 1 aromatic heterocycles. The fourth-order valence-corrected chi connectivity index (χ4v) is 2.42. The Morgan fingerprint density at radius 2 is 2.21 bits per heavy atom. The second-order valence-electron chi connectivity index (χ2n) is 4.59. The molecule has 0 spiro atoms. The lowest BCUT2D eigenvalue weighted by molar-refractivity contribution is 0.739. The molecule has 1 fully saturated rings. The fourth-order valence-electron chi connectivity index (χ4n) is 1.64. The molecule has 4 nitrogen and oxygen atoms in total. The van der Waals surface area contributed by atoms with E-state index in [1.807, 2.05) is 6.20 Å². The minimum atomic E-state index is 0. The maximum atomic E-state index is 4.57. The molecule has 0 atom stereocenters. The number of aryl methyl sites for hydroxylation is 1. The van der Waals surface area contributed by atoms with Crippen LogP contribution in [0.3, 0.4) is 0 Å². The van der Waals surface area contributed by atoms with Crippen molar-refractivity contribution < 1.29 is 0 Å². The fraction of sp³-hybridized carbons (Fsp3) is 0.692. The monoisotopic (exact) mass is 394 g/mol.